The first-order chi connectivity index (χ1) is 6.48. The van der Waals surface area contributed by atoms with Gasteiger partial charge in [0, 0.05) is 0 Å². The maximum atomic E-state index is 11.2. The van der Waals surface area contributed by atoms with Crippen LogP contribution in [-0.4, -0.2) is 22.2 Å². The van der Waals surface area contributed by atoms with Crippen LogP contribution in [0.5, 0.6) is 0 Å². The van der Waals surface area contributed by atoms with Crippen LogP contribution < -0.4 is 0 Å². The molecule has 78 valence electrons. The summed E-state index contributed by atoms with van der Waals surface area (Å²) in [4.78, 5) is 22.2. The third-order valence-electron chi connectivity index (χ3n) is 4.17. The Kier molecular flexibility index (Phi) is 1.84. The number of carbonyl (C=O) groups is 2. The van der Waals surface area contributed by atoms with Crippen molar-refractivity contribution in [3.63, 3.8) is 0 Å². The fourth-order valence-electron chi connectivity index (χ4n) is 3.37. The number of hydrogen-bond donors (Lipinski definition) is 2. The van der Waals surface area contributed by atoms with E-state index in [1.165, 1.54) is 0 Å². The van der Waals surface area contributed by atoms with Crippen molar-refractivity contribution in [1.29, 1.82) is 0 Å². The van der Waals surface area contributed by atoms with Crippen molar-refractivity contribution in [3.05, 3.63) is 0 Å². The average Bonchev–Trinajstić information content (AvgIpc) is 2.61. The Labute approximate surface area is 81.9 Å². The lowest BCUT2D eigenvalue weighted by atomic mass is 9.67. The molecule has 2 rings (SSSR count). The van der Waals surface area contributed by atoms with Gasteiger partial charge < -0.3 is 10.2 Å². The normalized spacial score (nSPS) is 45.4. The van der Waals surface area contributed by atoms with Crippen LogP contribution in [0.2, 0.25) is 0 Å². The van der Waals surface area contributed by atoms with Crippen LogP contribution in [0, 0.1) is 23.2 Å². The number of carboxylic acids is 2. The van der Waals surface area contributed by atoms with Crippen molar-refractivity contribution in [1.82, 2.24) is 0 Å². The Balaban J connectivity index is 2.39. The van der Waals surface area contributed by atoms with E-state index in [0.29, 0.717) is 0 Å². The third-order valence-corrected chi connectivity index (χ3v) is 4.17. The number of rotatable bonds is 2. The smallest absolute Gasteiger partial charge is 0.310 e. The molecule has 4 heteroatoms. The summed E-state index contributed by atoms with van der Waals surface area (Å²) in [5.41, 5.74) is -1.03. The van der Waals surface area contributed by atoms with Crippen molar-refractivity contribution < 1.29 is 19.8 Å². The molecule has 2 bridgehead atoms. The van der Waals surface area contributed by atoms with E-state index in [4.69, 9.17) is 10.2 Å². The molecule has 0 aromatic heterocycles. The maximum absolute atomic E-state index is 11.2. The zero-order valence-electron chi connectivity index (χ0n) is 8.06. The molecule has 4 nitrogen and oxygen atoms in total. The van der Waals surface area contributed by atoms with Gasteiger partial charge in [0.25, 0.3) is 0 Å². The fourth-order valence-corrected chi connectivity index (χ4v) is 3.37. The lowest BCUT2D eigenvalue weighted by Crippen LogP contribution is -2.44. The van der Waals surface area contributed by atoms with Gasteiger partial charge in [-0.2, -0.15) is 0 Å². The highest BCUT2D eigenvalue weighted by Gasteiger charge is 2.62. The molecule has 0 heterocycles. The molecule has 0 saturated heterocycles. The topological polar surface area (TPSA) is 74.6 Å². The van der Waals surface area contributed by atoms with Gasteiger partial charge in [-0.3, -0.25) is 9.59 Å². The number of carboxylic acid groups (broad SMARTS) is 2. The van der Waals surface area contributed by atoms with Crippen LogP contribution in [-0.2, 0) is 9.59 Å². The van der Waals surface area contributed by atoms with Gasteiger partial charge in [-0.05, 0) is 38.0 Å². The van der Waals surface area contributed by atoms with Gasteiger partial charge in [0.15, 0.2) is 0 Å². The second-order valence-corrected chi connectivity index (χ2v) is 4.67. The number of hydrogen-bond acceptors (Lipinski definition) is 2. The first kappa shape index (κ1) is 9.49. The molecule has 0 amide bonds. The molecule has 0 aromatic rings. The Morgan fingerprint density at radius 3 is 2.36 bits per heavy atom. The Bertz CT molecular complexity index is 298. The minimum Gasteiger partial charge on any atom is -0.481 e. The molecular formula is C10H14O4. The van der Waals surface area contributed by atoms with Gasteiger partial charge in [-0.1, -0.05) is 0 Å². The number of aliphatic carboxylic acids is 2. The predicted molar refractivity (Wildman–Crippen MR) is 47.7 cm³/mol. The van der Waals surface area contributed by atoms with Crippen molar-refractivity contribution in [3.8, 4) is 0 Å². The minimum atomic E-state index is -1.03. The Morgan fingerprint density at radius 1 is 1.29 bits per heavy atom. The quantitative estimate of drug-likeness (QED) is 0.699. The summed E-state index contributed by atoms with van der Waals surface area (Å²) >= 11 is 0. The average molecular weight is 198 g/mol. The first-order valence-corrected chi connectivity index (χ1v) is 4.94. The minimum absolute atomic E-state index is 0.0612. The summed E-state index contributed by atoms with van der Waals surface area (Å²) in [6.07, 6.45) is 2.53. The second-order valence-electron chi connectivity index (χ2n) is 4.67. The van der Waals surface area contributed by atoms with Crippen molar-refractivity contribution in [2.45, 2.75) is 26.2 Å². The van der Waals surface area contributed by atoms with E-state index < -0.39 is 23.3 Å². The monoisotopic (exact) mass is 198 g/mol. The second kappa shape index (κ2) is 2.72. The molecule has 0 radical (unpaired) electrons. The summed E-state index contributed by atoms with van der Waals surface area (Å²) in [6, 6.07) is 0. The predicted octanol–water partition coefficient (Wildman–Crippen LogP) is 1.21. The maximum Gasteiger partial charge on any atom is 0.310 e. The highest BCUT2D eigenvalue weighted by Crippen LogP contribution is 2.59. The molecule has 0 aromatic carbocycles. The summed E-state index contributed by atoms with van der Waals surface area (Å²) in [5.74, 6) is -2.43. The van der Waals surface area contributed by atoms with E-state index >= 15 is 0 Å². The van der Waals surface area contributed by atoms with E-state index in [0.717, 1.165) is 19.3 Å². The zero-order chi connectivity index (χ0) is 10.5. The molecule has 2 fully saturated rings. The van der Waals surface area contributed by atoms with Crippen LogP contribution in [0.15, 0.2) is 0 Å². The molecule has 2 aliphatic rings. The van der Waals surface area contributed by atoms with Gasteiger partial charge in [-0.25, -0.2) is 0 Å². The standard InChI is InChI=1S/C10H14O4/c1-10(9(13)14)6-3-2-5(4-6)7(10)8(11)12/h5-7H,2-4H2,1H3,(H,11,12)(H,13,14)/t5-,6+,7?,10?/m0/s1. The SMILES string of the molecule is CC1(C(=O)O)C(C(=O)O)[C@H]2CC[C@@H]1C2. The van der Waals surface area contributed by atoms with Gasteiger partial charge in [0.2, 0.25) is 0 Å². The van der Waals surface area contributed by atoms with Crippen LogP contribution in [0.4, 0.5) is 0 Å². The van der Waals surface area contributed by atoms with Gasteiger partial charge in [-0.15, -0.1) is 0 Å². The molecular weight excluding hydrogens is 184 g/mol. The summed E-state index contributed by atoms with van der Waals surface area (Å²) in [7, 11) is 0. The lowest BCUT2D eigenvalue weighted by molar-refractivity contribution is -0.165. The molecule has 2 N–H and O–H groups in total. The lowest BCUT2D eigenvalue weighted by Gasteiger charge is -2.34. The van der Waals surface area contributed by atoms with Crippen molar-refractivity contribution >= 4 is 11.9 Å². The van der Waals surface area contributed by atoms with E-state index in [-0.39, 0.29) is 11.8 Å². The fraction of sp³-hybridized carbons (Fsp3) is 0.800. The third kappa shape index (κ3) is 0.938. The molecule has 2 saturated carbocycles. The largest absolute Gasteiger partial charge is 0.481 e. The van der Waals surface area contributed by atoms with Crippen molar-refractivity contribution in [2.24, 2.45) is 23.2 Å². The number of fused-ring (bicyclic) bond motifs is 2. The van der Waals surface area contributed by atoms with Gasteiger partial charge in [0.05, 0.1) is 11.3 Å². The van der Waals surface area contributed by atoms with Gasteiger partial charge >= 0.3 is 11.9 Å². The molecule has 4 atom stereocenters. The Morgan fingerprint density at radius 2 is 1.93 bits per heavy atom. The summed E-state index contributed by atoms with van der Waals surface area (Å²) in [5, 5.41) is 18.2. The highest BCUT2D eigenvalue weighted by molar-refractivity contribution is 5.84. The molecule has 0 spiro atoms. The van der Waals surface area contributed by atoms with Crippen LogP contribution in [0.3, 0.4) is 0 Å². The zero-order valence-corrected chi connectivity index (χ0v) is 8.06. The van der Waals surface area contributed by atoms with E-state index in [2.05, 4.69) is 0 Å². The van der Waals surface area contributed by atoms with E-state index in [1.54, 1.807) is 6.92 Å². The van der Waals surface area contributed by atoms with E-state index in [9.17, 15) is 9.59 Å². The van der Waals surface area contributed by atoms with E-state index in [1.807, 2.05) is 0 Å². The van der Waals surface area contributed by atoms with Crippen LogP contribution in [0.1, 0.15) is 26.2 Å². The van der Waals surface area contributed by atoms with Crippen molar-refractivity contribution in [2.75, 3.05) is 0 Å². The Hall–Kier alpha value is -1.06. The first-order valence-electron chi connectivity index (χ1n) is 4.94. The molecule has 2 aliphatic carbocycles. The molecule has 0 aliphatic heterocycles. The molecule has 2 unspecified atom stereocenters. The summed E-state index contributed by atoms with van der Waals surface area (Å²) < 4.78 is 0. The van der Waals surface area contributed by atoms with Gasteiger partial charge in [0.1, 0.15) is 0 Å². The highest BCUT2D eigenvalue weighted by atomic mass is 16.4. The summed E-state index contributed by atoms with van der Waals surface area (Å²) in [6.45, 7) is 1.60. The van der Waals surface area contributed by atoms with Crippen LogP contribution >= 0.6 is 0 Å². The van der Waals surface area contributed by atoms with Crippen LogP contribution in [0.25, 0.3) is 0 Å². The molecule has 14 heavy (non-hydrogen) atoms.